The van der Waals surface area contributed by atoms with Crippen LogP contribution in [-0.2, 0) is 22.6 Å². The second-order valence-electron chi connectivity index (χ2n) is 8.59. The summed E-state index contributed by atoms with van der Waals surface area (Å²) in [6.45, 7) is 10.5. The zero-order valence-corrected chi connectivity index (χ0v) is 21.2. The van der Waals surface area contributed by atoms with Crippen molar-refractivity contribution in [2.45, 2.75) is 51.5 Å². The second-order valence-corrected chi connectivity index (χ2v) is 9.97. The van der Waals surface area contributed by atoms with E-state index in [9.17, 15) is 4.79 Å². The van der Waals surface area contributed by atoms with Crippen molar-refractivity contribution in [1.29, 1.82) is 0 Å². The minimum Gasteiger partial charge on any atom is -0.380 e. The smallest absolute Gasteiger partial charge is 0.233 e. The number of rotatable bonds is 10. The molecule has 0 radical (unpaired) electrons. The zero-order valence-electron chi connectivity index (χ0n) is 19.6. The van der Waals surface area contributed by atoms with E-state index in [0.717, 1.165) is 17.0 Å². The molecule has 8 heteroatoms. The van der Waals surface area contributed by atoms with Gasteiger partial charge < -0.3 is 9.64 Å². The van der Waals surface area contributed by atoms with Crippen LogP contribution in [0.15, 0.2) is 59.8 Å². The molecule has 1 amide bonds. The maximum absolute atomic E-state index is 13.3. The topological polar surface area (TPSA) is 60.2 Å². The quantitative estimate of drug-likeness (QED) is 0.277. The lowest BCUT2D eigenvalue weighted by atomic mass is 10.0. The van der Waals surface area contributed by atoms with Crippen LogP contribution in [0.5, 0.6) is 0 Å². The van der Waals surface area contributed by atoms with E-state index >= 15 is 0 Å². The van der Waals surface area contributed by atoms with Crippen LogP contribution in [-0.4, -0.2) is 50.1 Å². The first kappa shape index (κ1) is 25.3. The third-order valence-electron chi connectivity index (χ3n) is 5.10. The van der Waals surface area contributed by atoms with Crippen molar-refractivity contribution in [3.63, 3.8) is 0 Å². The minimum absolute atomic E-state index is 0.0590. The number of hydrogen-bond donors (Lipinski definition) is 0. The third-order valence-corrected chi connectivity index (χ3v) is 6.31. The van der Waals surface area contributed by atoms with Gasteiger partial charge in [0.05, 0.1) is 18.9 Å². The van der Waals surface area contributed by atoms with Gasteiger partial charge >= 0.3 is 0 Å². The lowest BCUT2D eigenvalue weighted by Crippen LogP contribution is -2.45. The Balaban J connectivity index is 1.78. The number of halogens is 1. The van der Waals surface area contributed by atoms with E-state index in [1.807, 2.05) is 71.0 Å². The van der Waals surface area contributed by atoms with Crippen molar-refractivity contribution >= 4 is 29.3 Å². The maximum Gasteiger partial charge on any atom is 0.233 e. The Morgan fingerprint density at radius 2 is 1.79 bits per heavy atom. The predicted octanol–water partition coefficient (Wildman–Crippen LogP) is 5.55. The fourth-order valence-corrected chi connectivity index (χ4v) is 4.35. The lowest BCUT2D eigenvalue weighted by Gasteiger charge is -2.36. The number of carbonyl (C=O) groups excluding carboxylic acids is 1. The summed E-state index contributed by atoms with van der Waals surface area (Å²) in [5.41, 5.74) is 1.72. The molecule has 3 rings (SSSR count). The highest BCUT2D eigenvalue weighted by Crippen LogP contribution is 2.27. The summed E-state index contributed by atoms with van der Waals surface area (Å²) in [6, 6.07) is 17.6. The number of ether oxygens (including phenoxy) is 1. The Hall–Kier alpha value is -2.35. The van der Waals surface area contributed by atoms with Gasteiger partial charge in [0, 0.05) is 29.3 Å². The molecule has 0 aliphatic heterocycles. The SMILES string of the molecule is CCOCCn1c(SCC(=O)N(Cc2ccccc2)C(C)(C)C)nnc1-c1ccc(Cl)cc1. The van der Waals surface area contributed by atoms with Gasteiger partial charge in [-0.2, -0.15) is 0 Å². The van der Waals surface area contributed by atoms with Gasteiger partial charge in [0.15, 0.2) is 11.0 Å². The first-order valence-corrected chi connectivity index (χ1v) is 12.4. The predicted molar refractivity (Wildman–Crippen MR) is 134 cm³/mol. The molecular weight excluding hydrogens is 456 g/mol. The molecule has 0 spiro atoms. The molecule has 176 valence electrons. The average Bonchev–Trinajstić information content (AvgIpc) is 3.19. The Labute approximate surface area is 205 Å². The largest absolute Gasteiger partial charge is 0.380 e. The summed E-state index contributed by atoms with van der Waals surface area (Å²) in [5.74, 6) is 1.07. The molecule has 0 fully saturated rings. The van der Waals surface area contributed by atoms with Crippen molar-refractivity contribution in [1.82, 2.24) is 19.7 Å². The lowest BCUT2D eigenvalue weighted by molar-refractivity contribution is -0.133. The van der Waals surface area contributed by atoms with Gasteiger partial charge in [-0.25, -0.2) is 0 Å². The molecule has 3 aromatic rings. The molecule has 0 bridgehead atoms. The molecular formula is C25H31ClN4O2S. The number of aromatic nitrogens is 3. The van der Waals surface area contributed by atoms with E-state index in [4.69, 9.17) is 16.3 Å². The molecule has 1 aromatic heterocycles. The molecule has 0 unspecified atom stereocenters. The standard InChI is InChI=1S/C25H31ClN4O2S/c1-5-32-16-15-29-23(20-11-13-21(26)14-12-20)27-28-24(29)33-18-22(31)30(25(2,3)4)17-19-9-7-6-8-10-19/h6-14H,5,15-18H2,1-4H3. The maximum atomic E-state index is 13.3. The third kappa shape index (κ3) is 7.06. The van der Waals surface area contributed by atoms with Crippen molar-refractivity contribution in [3.05, 3.63) is 65.2 Å². The molecule has 6 nitrogen and oxygen atoms in total. The van der Waals surface area contributed by atoms with Crippen molar-refractivity contribution in [2.24, 2.45) is 0 Å². The van der Waals surface area contributed by atoms with Crippen molar-refractivity contribution in [3.8, 4) is 11.4 Å². The van der Waals surface area contributed by atoms with Crippen LogP contribution in [0.4, 0.5) is 0 Å². The van der Waals surface area contributed by atoms with Crippen molar-refractivity contribution in [2.75, 3.05) is 19.0 Å². The summed E-state index contributed by atoms with van der Waals surface area (Å²) in [6.07, 6.45) is 0. The van der Waals surface area contributed by atoms with E-state index in [-0.39, 0.29) is 17.2 Å². The summed E-state index contributed by atoms with van der Waals surface area (Å²) in [7, 11) is 0. The van der Waals surface area contributed by atoms with E-state index in [0.29, 0.717) is 36.5 Å². The van der Waals surface area contributed by atoms with Gasteiger partial charge in [-0.1, -0.05) is 53.7 Å². The molecule has 0 aliphatic rings. The van der Waals surface area contributed by atoms with Crippen LogP contribution in [0.1, 0.15) is 33.3 Å². The van der Waals surface area contributed by atoms with Crippen LogP contribution >= 0.6 is 23.4 Å². The fraction of sp³-hybridized carbons (Fsp3) is 0.400. The molecule has 0 saturated heterocycles. The Kier molecular flexibility index (Phi) is 8.95. The summed E-state index contributed by atoms with van der Waals surface area (Å²) in [4.78, 5) is 15.2. The molecule has 0 atom stereocenters. The normalized spacial score (nSPS) is 11.5. The number of carbonyl (C=O) groups is 1. The van der Waals surface area contributed by atoms with Crippen LogP contribution in [0, 0.1) is 0 Å². The molecule has 1 heterocycles. The number of hydrogen-bond acceptors (Lipinski definition) is 5. The van der Waals surface area contributed by atoms with Gasteiger partial charge in [0.2, 0.25) is 5.91 Å². The second kappa shape index (κ2) is 11.7. The Bertz CT molecular complexity index is 1030. The van der Waals surface area contributed by atoms with Gasteiger partial charge in [0.25, 0.3) is 0 Å². The summed E-state index contributed by atoms with van der Waals surface area (Å²) in [5, 5.41) is 10.2. The highest BCUT2D eigenvalue weighted by atomic mass is 35.5. The zero-order chi connectivity index (χ0) is 23.8. The molecule has 33 heavy (non-hydrogen) atoms. The first-order valence-electron chi connectivity index (χ1n) is 11.0. The molecule has 2 aromatic carbocycles. The Morgan fingerprint density at radius 3 is 2.42 bits per heavy atom. The Morgan fingerprint density at radius 1 is 1.09 bits per heavy atom. The molecule has 0 aliphatic carbocycles. The van der Waals surface area contributed by atoms with Gasteiger partial charge in [0.1, 0.15) is 0 Å². The van der Waals surface area contributed by atoms with E-state index < -0.39 is 0 Å². The number of nitrogens with zero attached hydrogens (tertiary/aromatic N) is 4. The summed E-state index contributed by atoms with van der Waals surface area (Å²) < 4.78 is 7.57. The monoisotopic (exact) mass is 486 g/mol. The van der Waals surface area contributed by atoms with Crippen LogP contribution in [0.3, 0.4) is 0 Å². The summed E-state index contributed by atoms with van der Waals surface area (Å²) >= 11 is 7.45. The number of thioether (sulfide) groups is 1. The van der Waals surface area contributed by atoms with Gasteiger partial charge in [-0.3, -0.25) is 9.36 Å². The van der Waals surface area contributed by atoms with E-state index in [1.165, 1.54) is 11.8 Å². The van der Waals surface area contributed by atoms with Crippen LogP contribution in [0.2, 0.25) is 5.02 Å². The number of benzene rings is 2. The fourth-order valence-electron chi connectivity index (χ4n) is 3.38. The van der Waals surface area contributed by atoms with E-state index in [1.54, 1.807) is 0 Å². The van der Waals surface area contributed by atoms with Crippen LogP contribution < -0.4 is 0 Å². The van der Waals surface area contributed by atoms with E-state index in [2.05, 4.69) is 31.0 Å². The highest BCUT2D eigenvalue weighted by molar-refractivity contribution is 7.99. The number of amides is 1. The molecule has 0 saturated carbocycles. The molecule has 0 N–H and O–H groups in total. The van der Waals surface area contributed by atoms with Crippen molar-refractivity contribution < 1.29 is 9.53 Å². The van der Waals surface area contributed by atoms with Gasteiger partial charge in [-0.05, 0) is 57.5 Å². The minimum atomic E-state index is -0.301. The highest BCUT2D eigenvalue weighted by Gasteiger charge is 2.27. The van der Waals surface area contributed by atoms with Gasteiger partial charge in [-0.15, -0.1) is 10.2 Å². The first-order chi connectivity index (χ1) is 15.8. The van der Waals surface area contributed by atoms with Crippen LogP contribution in [0.25, 0.3) is 11.4 Å². The average molecular weight is 487 g/mol.